The Kier molecular flexibility index (Phi) is 18.5. The first-order valence-corrected chi connectivity index (χ1v) is 13.9. The maximum atomic E-state index is 12.3. The summed E-state index contributed by atoms with van der Waals surface area (Å²) in [4.78, 5) is 24.6. The monoisotopic (exact) mass is 470 g/mol. The second kappa shape index (κ2) is 19.2. The van der Waals surface area contributed by atoms with E-state index in [1.54, 1.807) is 0 Å². The molecule has 0 aliphatic rings. The highest BCUT2D eigenvalue weighted by Gasteiger charge is 2.23. The lowest BCUT2D eigenvalue weighted by Crippen LogP contribution is -2.58. The van der Waals surface area contributed by atoms with Crippen LogP contribution in [-0.2, 0) is 9.59 Å². The van der Waals surface area contributed by atoms with Crippen molar-refractivity contribution in [1.82, 2.24) is 10.9 Å². The Hall–Kier alpha value is -1.14. The minimum Gasteiger partial charge on any atom is -0.270 e. The SMILES string of the molecule is CCCCCCCCCC(=O)N[N+](C)(C)CCC[N+](C)(C)NC(=O)CCCCCCCCC. The zero-order valence-electron chi connectivity index (χ0n) is 23.1. The van der Waals surface area contributed by atoms with E-state index in [1.807, 2.05) is 28.2 Å². The Bertz CT molecular complexity index is 462. The number of nitrogens with zero attached hydrogens (tertiary/aromatic N) is 2. The number of amides is 2. The van der Waals surface area contributed by atoms with E-state index in [4.69, 9.17) is 0 Å². The number of hydrogen-bond donors (Lipinski definition) is 2. The van der Waals surface area contributed by atoms with E-state index in [0.717, 1.165) is 45.2 Å². The molecule has 0 aromatic carbocycles. The van der Waals surface area contributed by atoms with Crippen LogP contribution in [0.2, 0.25) is 0 Å². The lowest BCUT2D eigenvalue weighted by atomic mass is 10.1. The third-order valence-electron chi connectivity index (χ3n) is 6.30. The Labute approximate surface area is 206 Å². The van der Waals surface area contributed by atoms with E-state index in [2.05, 4.69) is 24.7 Å². The molecule has 0 atom stereocenters. The van der Waals surface area contributed by atoms with Gasteiger partial charge in [0.05, 0.1) is 34.6 Å². The first kappa shape index (κ1) is 31.9. The molecule has 33 heavy (non-hydrogen) atoms. The van der Waals surface area contributed by atoms with Crippen molar-refractivity contribution in [2.45, 2.75) is 123 Å². The molecule has 0 radical (unpaired) electrons. The van der Waals surface area contributed by atoms with Crippen LogP contribution >= 0.6 is 0 Å². The Morgan fingerprint density at radius 3 is 1.12 bits per heavy atom. The van der Waals surface area contributed by atoms with Gasteiger partial charge in [-0.1, -0.05) is 90.9 Å². The Morgan fingerprint density at radius 1 is 0.485 bits per heavy atom. The van der Waals surface area contributed by atoms with Gasteiger partial charge in [-0.2, -0.15) is 0 Å². The van der Waals surface area contributed by atoms with Crippen LogP contribution in [0.4, 0.5) is 0 Å². The molecule has 0 saturated heterocycles. The molecule has 0 heterocycles. The summed E-state index contributed by atoms with van der Waals surface area (Å²) in [6.45, 7) is 6.16. The molecule has 0 rings (SSSR count). The van der Waals surface area contributed by atoms with Crippen molar-refractivity contribution in [2.24, 2.45) is 0 Å². The number of unbranched alkanes of at least 4 members (excludes halogenated alkanes) is 12. The molecule has 6 heteroatoms. The van der Waals surface area contributed by atoms with Gasteiger partial charge in [0.2, 0.25) is 0 Å². The number of carbonyl (C=O) groups excluding carboxylic acids is 2. The number of nitrogens with one attached hydrogen (secondary N) is 2. The zero-order valence-corrected chi connectivity index (χ0v) is 23.1. The summed E-state index contributed by atoms with van der Waals surface area (Å²) in [5.41, 5.74) is 6.30. The number of hydrogen-bond acceptors (Lipinski definition) is 2. The quantitative estimate of drug-likeness (QED) is 0.118. The first-order chi connectivity index (χ1) is 15.6. The van der Waals surface area contributed by atoms with E-state index in [1.165, 1.54) is 64.2 Å². The normalized spacial score (nSPS) is 12.1. The third-order valence-corrected chi connectivity index (χ3v) is 6.30. The molecule has 196 valence electrons. The smallest absolute Gasteiger partial charge is 0.264 e. The molecule has 2 N–H and O–H groups in total. The molecule has 2 amide bonds. The topological polar surface area (TPSA) is 58.2 Å². The molecule has 6 nitrogen and oxygen atoms in total. The van der Waals surface area contributed by atoms with Crippen LogP contribution in [0, 0.1) is 0 Å². The van der Waals surface area contributed by atoms with Gasteiger partial charge in [0, 0.05) is 12.8 Å². The van der Waals surface area contributed by atoms with Crippen molar-refractivity contribution < 1.29 is 18.8 Å². The fourth-order valence-corrected chi connectivity index (χ4v) is 4.25. The van der Waals surface area contributed by atoms with E-state index in [0.29, 0.717) is 22.0 Å². The van der Waals surface area contributed by atoms with Crippen molar-refractivity contribution >= 4 is 11.8 Å². The maximum absolute atomic E-state index is 12.3. The first-order valence-electron chi connectivity index (χ1n) is 13.9. The fraction of sp³-hybridized carbons (Fsp3) is 0.926. The Morgan fingerprint density at radius 2 is 0.788 bits per heavy atom. The van der Waals surface area contributed by atoms with Crippen LogP contribution in [0.3, 0.4) is 0 Å². The molecule has 0 aromatic rings. The van der Waals surface area contributed by atoms with Gasteiger partial charge < -0.3 is 0 Å². The second-order valence-corrected chi connectivity index (χ2v) is 11.0. The molecule has 0 aromatic heterocycles. The lowest BCUT2D eigenvalue weighted by Gasteiger charge is -2.32. The minimum absolute atomic E-state index is 0.144. The maximum Gasteiger partial charge on any atom is 0.264 e. The molecule has 0 spiro atoms. The van der Waals surface area contributed by atoms with E-state index >= 15 is 0 Å². The second-order valence-electron chi connectivity index (χ2n) is 11.0. The molecule has 0 saturated carbocycles. The van der Waals surface area contributed by atoms with Gasteiger partial charge in [0.25, 0.3) is 11.8 Å². The summed E-state index contributed by atoms with van der Waals surface area (Å²) in [6, 6.07) is 0. The van der Waals surface area contributed by atoms with Gasteiger partial charge in [0.1, 0.15) is 13.1 Å². The van der Waals surface area contributed by atoms with Gasteiger partial charge >= 0.3 is 0 Å². The number of quaternary nitrogens is 2. The van der Waals surface area contributed by atoms with Crippen LogP contribution < -0.4 is 10.9 Å². The van der Waals surface area contributed by atoms with Crippen molar-refractivity contribution in [3.63, 3.8) is 0 Å². The molecule has 0 fully saturated rings. The highest BCUT2D eigenvalue weighted by atomic mass is 16.2. The summed E-state index contributed by atoms with van der Waals surface area (Å²) in [7, 11) is 8.17. The van der Waals surface area contributed by atoms with Gasteiger partial charge in [-0.25, -0.2) is 20.0 Å². The average molecular weight is 471 g/mol. The standard InChI is InChI=1S/C27H56N4O2/c1-7-9-11-13-15-17-19-22-26(32)28-30(3,4)24-21-25-31(5,6)29-27(33)23-20-18-16-14-12-10-8-2/h7-25H2,1-6H3/p+2. The molecule has 0 aliphatic carbocycles. The average Bonchev–Trinajstić information content (AvgIpc) is 2.71. The molecular formula is C27H58N4O2+2. The lowest BCUT2D eigenvalue weighted by molar-refractivity contribution is -0.943. The zero-order chi connectivity index (χ0) is 25.0. The summed E-state index contributed by atoms with van der Waals surface area (Å²) < 4.78 is 0.975. The van der Waals surface area contributed by atoms with Crippen LogP contribution in [0.1, 0.15) is 123 Å². The van der Waals surface area contributed by atoms with Crippen molar-refractivity contribution in [3.8, 4) is 0 Å². The molecule has 0 bridgehead atoms. The third kappa shape index (κ3) is 21.2. The van der Waals surface area contributed by atoms with E-state index < -0.39 is 0 Å². The van der Waals surface area contributed by atoms with Crippen molar-refractivity contribution in [2.75, 3.05) is 41.3 Å². The van der Waals surface area contributed by atoms with Gasteiger partial charge in [0.15, 0.2) is 0 Å². The van der Waals surface area contributed by atoms with Crippen LogP contribution in [0.5, 0.6) is 0 Å². The summed E-state index contributed by atoms with van der Waals surface area (Å²) in [5, 5.41) is 0. The number of carbonyl (C=O) groups is 2. The molecular weight excluding hydrogens is 412 g/mol. The van der Waals surface area contributed by atoms with Crippen LogP contribution in [0.25, 0.3) is 0 Å². The number of rotatable bonds is 22. The largest absolute Gasteiger partial charge is 0.270 e. The highest BCUT2D eigenvalue weighted by molar-refractivity contribution is 5.74. The molecule has 0 unspecified atom stereocenters. The summed E-state index contributed by atoms with van der Waals surface area (Å²) >= 11 is 0. The van der Waals surface area contributed by atoms with Crippen molar-refractivity contribution in [1.29, 1.82) is 0 Å². The van der Waals surface area contributed by atoms with Gasteiger partial charge in [-0.05, 0) is 12.8 Å². The van der Waals surface area contributed by atoms with Gasteiger partial charge in [-0.3, -0.25) is 9.59 Å². The summed E-state index contributed by atoms with van der Waals surface area (Å²) in [5.74, 6) is 0.288. The van der Waals surface area contributed by atoms with E-state index in [9.17, 15) is 9.59 Å². The fourth-order valence-electron chi connectivity index (χ4n) is 4.25. The Balaban J connectivity index is 3.95. The van der Waals surface area contributed by atoms with Crippen LogP contribution in [-0.4, -0.2) is 62.3 Å². The predicted octanol–water partition coefficient (Wildman–Crippen LogP) is 5.87. The van der Waals surface area contributed by atoms with E-state index in [-0.39, 0.29) is 11.8 Å². The minimum atomic E-state index is 0.144. The van der Waals surface area contributed by atoms with Gasteiger partial charge in [-0.15, -0.1) is 0 Å². The van der Waals surface area contributed by atoms with Crippen molar-refractivity contribution in [3.05, 3.63) is 0 Å². The highest BCUT2D eigenvalue weighted by Crippen LogP contribution is 2.10. The van der Waals surface area contributed by atoms with Crippen LogP contribution in [0.15, 0.2) is 0 Å². The summed E-state index contributed by atoms with van der Waals surface area (Å²) in [6.07, 6.45) is 19.3. The predicted molar refractivity (Wildman–Crippen MR) is 140 cm³/mol. The molecule has 0 aliphatic heterocycles.